The molecule has 0 aromatic rings. The molecule has 0 aromatic carbocycles. The summed E-state index contributed by atoms with van der Waals surface area (Å²) in [4.78, 5) is 0. The van der Waals surface area contributed by atoms with Crippen LogP contribution in [0.2, 0.25) is 0 Å². The van der Waals surface area contributed by atoms with E-state index < -0.39 is 0 Å². The molecule has 2 aliphatic carbocycles. The van der Waals surface area contributed by atoms with E-state index in [1.165, 1.54) is 51.4 Å². The summed E-state index contributed by atoms with van der Waals surface area (Å²) in [7, 11) is 0. The van der Waals surface area contributed by atoms with Crippen LogP contribution in [0.4, 0.5) is 0 Å². The summed E-state index contributed by atoms with van der Waals surface area (Å²) in [6, 6.07) is 0. The van der Waals surface area contributed by atoms with Gasteiger partial charge in [-0.05, 0) is 25.2 Å². The van der Waals surface area contributed by atoms with Crippen LogP contribution >= 0.6 is 11.8 Å². The van der Waals surface area contributed by atoms with Gasteiger partial charge in [-0.2, -0.15) is 11.8 Å². The second-order valence-corrected chi connectivity index (χ2v) is 6.61. The van der Waals surface area contributed by atoms with Gasteiger partial charge in [-0.25, -0.2) is 0 Å². The lowest BCUT2D eigenvalue weighted by atomic mass is 9.82. The lowest BCUT2D eigenvalue weighted by Gasteiger charge is -2.28. The van der Waals surface area contributed by atoms with Gasteiger partial charge in [0.15, 0.2) is 0 Å². The molecular weight excluding hydrogens is 204 g/mol. The van der Waals surface area contributed by atoms with E-state index in [1.54, 1.807) is 0 Å². The predicted octanol–water partition coefficient (Wildman–Crippen LogP) is 3.60. The zero-order chi connectivity index (χ0) is 10.5. The average Bonchev–Trinajstić information content (AvgIpc) is 2.22. The van der Waals surface area contributed by atoms with Gasteiger partial charge in [0.1, 0.15) is 0 Å². The fraction of sp³-hybridized carbons (Fsp3) is 1.00. The molecule has 2 rings (SSSR count). The van der Waals surface area contributed by atoms with Gasteiger partial charge in [-0.3, -0.25) is 0 Å². The molecule has 0 saturated heterocycles. The van der Waals surface area contributed by atoms with Crippen LogP contribution < -0.4 is 0 Å². The molecule has 0 aliphatic heterocycles. The van der Waals surface area contributed by atoms with Crippen molar-refractivity contribution in [1.29, 1.82) is 0 Å². The van der Waals surface area contributed by atoms with Gasteiger partial charge in [0.05, 0.1) is 6.10 Å². The molecule has 2 aliphatic rings. The second kappa shape index (κ2) is 6.15. The van der Waals surface area contributed by atoms with Crippen molar-refractivity contribution >= 4 is 11.8 Å². The fourth-order valence-corrected chi connectivity index (χ4v) is 3.96. The normalized spacial score (nSPS) is 26.2. The molecule has 1 atom stereocenters. The Labute approximate surface area is 98.0 Å². The van der Waals surface area contributed by atoms with Gasteiger partial charge in [-0.15, -0.1) is 0 Å². The van der Waals surface area contributed by atoms with Crippen molar-refractivity contribution in [2.75, 3.05) is 5.75 Å². The van der Waals surface area contributed by atoms with E-state index in [0.29, 0.717) is 0 Å². The van der Waals surface area contributed by atoms with E-state index in [4.69, 9.17) is 0 Å². The minimum absolute atomic E-state index is 0.0257. The van der Waals surface area contributed by atoms with Crippen molar-refractivity contribution < 1.29 is 5.11 Å². The molecule has 1 unspecified atom stereocenters. The lowest BCUT2D eigenvalue weighted by molar-refractivity contribution is 0.136. The molecule has 0 spiro atoms. The highest BCUT2D eigenvalue weighted by molar-refractivity contribution is 7.99. The minimum atomic E-state index is -0.0257. The Morgan fingerprint density at radius 3 is 2.33 bits per heavy atom. The first-order valence-corrected chi connectivity index (χ1v) is 7.69. The van der Waals surface area contributed by atoms with Crippen molar-refractivity contribution in [1.82, 2.24) is 0 Å². The summed E-state index contributed by atoms with van der Waals surface area (Å²) < 4.78 is 0. The number of hydrogen-bond donors (Lipinski definition) is 1. The molecule has 0 heterocycles. The van der Waals surface area contributed by atoms with E-state index >= 15 is 0 Å². The van der Waals surface area contributed by atoms with Crippen LogP contribution in [-0.2, 0) is 0 Å². The van der Waals surface area contributed by atoms with Crippen molar-refractivity contribution in [2.45, 2.75) is 69.1 Å². The molecule has 0 radical (unpaired) electrons. The Hall–Kier alpha value is 0.310. The van der Waals surface area contributed by atoms with Crippen molar-refractivity contribution in [3.63, 3.8) is 0 Å². The Balaban J connectivity index is 1.55. The zero-order valence-electron chi connectivity index (χ0n) is 9.66. The molecule has 2 saturated carbocycles. The van der Waals surface area contributed by atoms with E-state index in [-0.39, 0.29) is 6.10 Å². The van der Waals surface area contributed by atoms with Gasteiger partial charge >= 0.3 is 0 Å². The lowest BCUT2D eigenvalue weighted by Crippen LogP contribution is -2.22. The number of rotatable bonds is 5. The largest absolute Gasteiger partial charge is 0.392 e. The van der Waals surface area contributed by atoms with Crippen molar-refractivity contribution in [3.05, 3.63) is 0 Å². The molecule has 88 valence electrons. The fourth-order valence-electron chi connectivity index (χ4n) is 2.66. The molecule has 0 bridgehead atoms. The first-order chi connectivity index (χ1) is 7.34. The van der Waals surface area contributed by atoms with Crippen LogP contribution in [0.3, 0.4) is 0 Å². The topological polar surface area (TPSA) is 20.2 Å². The molecule has 0 aromatic heterocycles. The SMILES string of the molecule is OC(CSC1CCCCC1)CC1CCC1. The van der Waals surface area contributed by atoms with E-state index in [2.05, 4.69) is 0 Å². The smallest absolute Gasteiger partial charge is 0.0633 e. The molecule has 1 nitrogen and oxygen atoms in total. The van der Waals surface area contributed by atoms with Gasteiger partial charge < -0.3 is 5.11 Å². The maximum absolute atomic E-state index is 9.89. The predicted molar refractivity (Wildman–Crippen MR) is 67.3 cm³/mol. The quantitative estimate of drug-likeness (QED) is 0.776. The average molecular weight is 228 g/mol. The van der Waals surface area contributed by atoms with E-state index in [9.17, 15) is 5.11 Å². The molecule has 2 heteroatoms. The molecular formula is C13H24OS. The Morgan fingerprint density at radius 2 is 1.73 bits per heavy atom. The van der Waals surface area contributed by atoms with Crippen LogP contribution in [-0.4, -0.2) is 22.2 Å². The number of aliphatic hydroxyl groups excluding tert-OH is 1. The summed E-state index contributed by atoms with van der Waals surface area (Å²) in [5.41, 5.74) is 0. The van der Waals surface area contributed by atoms with Crippen LogP contribution in [0.5, 0.6) is 0 Å². The van der Waals surface area contributed by atoms with Gasteiger partial charge in [-0.1, -0.05) is 38.5 Å². The molecule has 1 N–H and O–H groups in total. The number of aliphatic hydroxyl groups is 1. The summed E-state index contributed by atoms with van der Waals surface area (Å²) in [5, 5.41) is 10.8. The minimum Gasteiger partial charge on any atom is -0.392 e. The Bertz CT molecular complexity index is 173. The van der Waals surface area contributed by atoms with Gasteiger partial charge in [0, 0.05) is 11.0 Å². The van der Waals surface area contributed by atoms with E-state index in [0.717, 1.165) is 23.3 Å². The Kier molecular flexibility index (Phi) is 4.83. The number of thioether (sulfide) groups is 1. The number of hydrogen-bond acceptors (Lipinski definition) is 2. The zero-order valence-corrected chi connectivity index (χ0v) is 10.5. The molecule has 2 fully saturated rings. The second-order valence-electron chi connectivity index (χ2n) is 5.28. The first kappa shape index (κ1) is 11.8. The van der Waals surface area contributed by atoms with Crippen molar-refractivity contribution in [3.8, 4) is 0 Å². The Morgan fingerprint density at radius 1 is 1.00 bits per heavy atom. The van der Waals surface area contributed by atoms with E-state index in [1.807, 2.05) is 11.8 Å². The highest BCUT2D eigenvalue weighted by Crippen LogP contribution is 2.33. The maximum Gasteiger partial charge on any atom is 0.0633 e. The summed E-state index contributed by atoms with van der Waals surface area (Å²) >= 11 is 2.03. The summed E-state index contributed by atoms with van der Waals surface area (Å²) in [6.45, 7) is 0. The standard InChI is InChI=1S/C13H24OS/c14-12(9-11-5-4-6-11)10-15-13-7-2-1-3-8-13/h11-14H,1-10H2. The third-order valence-corrected chi connectivity index (χ3v) is 5.43. The maximum atomic E-state index is 9.89. The third kappa shape index (κ3) is 3.99. The van der Waals surface area contributed by atoms with Crippen molar-refractivity contribution in [2.24, 2.45) is 5.92 Å². The van der Waals surface area contributed by atoms with Crippen LogP contribution in [0.15, 0.2) is 0 Å². The molecule has 0 amide bonds. The van der Waals surface area contributed by atoms with Gasteiger partial charge in [0.2, 0.25) is 0 Å². The van der Waals surface area contributed by atoms with Crippen LogP contribution in [0.1, 0.15) is 57.8 Å². The van der Waals surface area contributed by atoms with Gasteiger partial charge in [0.25, 0.3) is 0 Å². The summed E-state index contributed by atoms with van der Waals surface area (Å²) in [5.74, 6) is 1.84. The third-order valence-electron chi connectivity index (χ3n) is 3.91. The molecule has 15 heavy (non-hydrogen) atoms. The first-order valence-electron chi connectivity index (χ1n) is 6.64. The highest BCUT2D eigenvalue weighted by atomic mass is 32.2. The highest BCUT2D eigenvalue weighted by Gasteiger charge is 2.22. The van der Waals surface area contributed by atoms with Crippen LogP contribution in [0, 0.1) is 5.92 Å². The van der Waals surface area contributed by atoms with Crippen LogP contribution in [0.25, 0.3) is 0 Å². The monoisotopic (exact) mass is 228 g/mol. The summed E-state index contributed by atoms with van der Waals surface area (Å²) in [6.07, 6.45) is 12.2.